The molecule has 3 N–H and O–H groups in total. The Morgan fingerprint density at radius 2 is 2.21 bits per heavy atom. The summed E-state index contributed by atoms with van der Waals surface area (Å²) < 4.78 is 12.9. The lowest BCUT2D eigenvalue weighted by Crippen LogP contribution is -2.30. The van der Waals surface area contributed by atoms with Crippen LogP contribution >= 0.6 is 0 Å². The van der Waals surface area contributed by atoms with Gasteiger partial charge in [0.2, 0.25) is 0 Å². The Hall–Kier alpha value is -0.930. The number of hydrogen-bond donors (Lipinski definition) is 2. The van der Waals surface area contributed by atoms with E-state index in [4.69, 9.17) is 5.84 Å². The third-order valence-corrected chi connectivity index (χ3v) is 2.84. The van der Waals surface area contributed by atoms with Gasteiger partial charge in [-0.05, 0) is 48.9 Å². The van der Waals surface area contributed by atoms with Gasteiger partial charge in [0.1, 0.15) is 5.82 Å². The van der Waals surface area contributed by atoms with E-state index in [0.29, 0.717) is 5.92 Å². The number of benzene rings is 1. The van der Waals surface area contributed by atoms with Crippen LogP contribution in [0.15, 0.2) is 18.2 Å². The van der Waals surface area contributed by atoms with Gasteiger partial charge < -0.3 is 0 Å². The number of rotatable bonds is 3. The zero-order valence-electron chi connectivity index (χ0n) is 8.26. The minimum atomic E-state index is -0.183. The van der Waals surface area contributed by atoms with Gasteiger partial charge in [-0.15, -0.1) is 0 Å². The first-order valence-electron chi connectivity index (χ1n) is 4.94. The van der Waals surface area contributed by atoms with Gasteiger partial charge >= 0.3 is 0 Å². The standard InChI is InChI=1S/C11H15FN2/c1-7-6-9(12)4-5-10(7)11(14-13)8-2-3-8/h4-6,8,11,14H,2-3,13H2,1H3. The largest absolute Gasteiger partial charge is 0.271 e. The quantitative estimate of drug-likeness (QED) is 0.571. The number of halogens is 1. The molecule has 0 aliphatic heterocycles. The summed E-state index contributed by atoms with van der Waals surface area (Å²) in [5.74, 6) is 5.96. The maximum Gasteiger partial charge on any atom is 0.123 e. The van der Waals surface area contributed by atoms with Gasteiger partial charge in [-0.3, -0.25) is 11.3 Å². The van der Waals surface area contributed by atoms with Gasteiger partial charge in [-0.25, -0.2) is 4.39 Å². The van der Waals surface area contributed by atoms with Crippen LogP contribution in [0.3, 0.4) is 0 Å². The highest BCUT2D eigenvalue weighted by Gasteiger charge is 2.32. The molecule has 3 heteroatoms. The van der Waals surface area contributed by atoms with E-state index in [1.54, 1.807) is 6.07 Å². The third kappa shape index (κ3) is 1.79. The Balaban J connectivity index is 2.29. The molecule has 0 amide bonds. The van der Waals surface area contributed by atoms with Crippen molar-refractivity contribution in [2.24, 2.45) is 11.8 Å². The molecule has 1 unspecified atom stereocenters. The molecule has 1 aromatic carbocycles. The minimum Gasteiger partial charge on any atom is -0.271 e. The van der Waals surface area contributed by atoms with E-state index in [-0.39, 0.29) is 11.9 Å². The predicted octanol–water partition coefficient (Wildman–Crippen LogP) is 2.05. The van der Waals surface area contributed by atoms with Crippen LogP contribution in [0.4, 0.5) is 4.39 Å². The predicted molar refractivity (Wildman–Crippen MR) is 53.9 cm³/mol. The summed E-state index contributed by atoms with van der Waals surface area (Å²) in [5, 5.41) is 0. The summed E-state index contributed by atoms with van der Waals surface area (Å²) in [6.45, 7) is 1.92. The van der Waals surface area contributed by atoms with Crippen molar-refractivity contribution in [1.82, 2.24) is 5.43 Å². The maximum absolute atomic E-state index is 12.9. The molecule has 0 aromatic heterocycles. The SMILES string of the molecule is Cc1cc(F)ccc1C(NN)C1CC1. The van der Waals surface area contributed by atoms with Gasteiger partial charge in [-0.1, -0.05) is 6.07 Å². The van der Waals surface area contributed by atoms with Crippen molar-refractivity contribution in [1.29, 1.82) is 0 Å². The number of hydrazine groups is 1. The second-order valence-corrected chi connectivity index (χ2v) is 3.98. The molecule has 0 saturated heterocycles. The van der Waals surface area contributed by atoms with Crippen molar-refractivity contribution in [2.75, 3.05) is 0 Å². The van der Waals surface area contributed by atoms with Crippen LogP contribution in [0.2, 0.25) is 0 Å². The van der Waals surface area contributed by atoms with Crippen LogP contribution in [-0.4, -0.2) is 0 Å². The van der Waals surface area contributed by atoms with Crippen LogP contribution in [0.25, 0.3) is 0 Å². The highest BCUT2D eigenvalue weighted by Crippen LogP contribution is 2.41. The van der Waals surface area contributed by atoms with Crippen LogP contribution in [-0.2, 0) is 0 Å². The zero-order valence-corrected chi connectivity index (χ0v) is 8.26. The molecule has 14 heavy (non-hydrogen) atoms. The van der Waals surface area contributed by atoms with Gasteiger partial charge in [0.25, 0.3) is 0 Å². The zero-order chi connectivity index (χ0) is 10.1. The van der Waals surface area contributed by atoms with Crippen molar-refractivity contribution in [2.45, 2.75) is 25.8 Å². The normalized spacial score (nSPS) is 18.2. The van der Waals surface area contributed by atoms with E-state index in [1.165, 1.54) is 18.9 Å². The highest BCUT2D eigenvalue weighted by molar-refractivity contribution is 5.30. The molecule has 1 aliphatic carbocycles. The van der Waals surface area contributed by atoms with Gasteiger partial charge in [0, 0.05) is 6.04 Å². The van der Waals surface area contributed by atoms with Crippen LogP contribution in [0.1, 0.15) is 30.0 Å². The first kappa shape index (κ1) is 9.62. The first-order valence-corrected chi connectivity index (χ1v) is 4.94. The van der Waals surface area contributed by atoms with E-state index in [0.717, 1.165) is 11.1 Å². The monoisotopic (exact) mass is 194 g/mol. The first-order chi connectivity index (χ1) is 6.72. The Morgan fingerprint density at radius 1 is 1.50 bits per heavy atom. The smallest absolute Gasteiger partial charge is 0.123 e. The molecule has 0 heterocycles. The fourth-order valence-corrected chi connectivity index (χ4v) is 1.90. The molecule has 76 valence electrons. The lowest BCUT2D eigenvalue weighted by atomic mass is 9.98. The summed E-state index contributed by atoms with van der Waals surface area (Å²) in [7, 11) is 0. The molecule has 2 nitrogen and oxygen atoms in total. The summed E-state index contributed by atoms with van der Waals surface area (Å²) in [5.41, 5.74) is 4.91. The fourth-order valence-electron chi connectivity index (χ4n) is 1.90. The molecular formula is C11H15FN2. The molecule has 2 rings (SSSR count). The average molecular weight is 194 g/mol. The molecule has 0 radical (unpaired) electrons. The molecule has 0 spiro atoms. The molecule has 1 aliphatic rings. The van der Waals surface area contributed by atoms with Crippen LogP contribution < -0.4 is 11.3 Å². The fraction of sp³-hybridized carbons (Fsp3) is 0.455. The van der Waals surface area contributed by atoms with E-state index in [9.17, 15) is 4.39 Å². The number of nitrogens with two attached hydrogens (primary N) is 1. The topological polar surface area (TPSA) is 38.0 Å². The molecule has 0 bridgehead atoms. The maximum atomic E-state index is 12.9. The lowest BCUT2D eigenvalue weighted by Gasteiger charge is -2.17. The van der Waals surface area contributed by atoms with Crippen molar-refractivity contribution in [3.63, 3.8) is 0 Å². The van der Waals surface area contributed by atoms with E-state index in [2.05, 4.69) is 5.43 Å². The summed E-state index contributed by atoms with van der Waals surface area (Å²) >= 11 is 0. The highest BCUT2D eigenvalue weighted by atomic mass is 19.1. The van der Waals surface area contributed by atoms with Crippen LogP contribution in [0.5, 0.6) is 0 Å². The Morgan fingerprint density at radius 3 is 2.71 bits per heavy atom. The number of hydrogen-bond acceptors (Lipinski definition) is 2. The summed E-state index contributed by atoms with van der Waals surface area (Å²) in [6.07, 6.45) is 2.43. The third-order valence-electron chi connectivity index (χ3n) is 2.84. The molecule has 1 aromatic rings. The van der Waals surface area contributed by atoms with Crippen molar-refractivity contribution in [3.05, 3.63) is 35.1 Å². The summed E-state index contributed by atoms with van der Waals surface area (Å²) in [4.78, 5) is 0. The molecule has 1 saturated carbocycles. The Bertz CT molecular complexity index is 334. The van der Waals surface area contributed by atoms with E-state index < -0.39 is 0 Å². The van der Waals surface area contributed by atoms with Gasteiger partial charge in [0.05, 0.1) is 0 Å². The molecule has 1 fully saturated rings. The number of aryl methyl sites for hydroxylation is 1. The van der Waals surface area contributed by atoms with Crippen molar-refractivity contribution < 1.29 is 4.39 Å². The number of nitrogens with one attached hydrogen (secondary N) is 1. The lowest BCUT2D eigenvalue weighted by molar-refractivity contribution is 0.493. The second-order valence-electron chi connectivity index (χ2n) is 3.98. The summed E-state index contributed by atoms with van der Waals surface area (Å²) in [6, 6.07) is 5.07. The van der Waals surface area contributed by atoms with Crippen molar-refractivity contribution >= 4 is 0 Å². The van der Waals surface area contributed by atoms with E-state index in [1.807, 2.05) is 13.0 Å². The van der Waals surface area contributed by atoms with Crippen LogP contribution in [0, 0.1) is 18.7 Å². The second kappa shape index (κ2) is 3.67. The molecular weight excluding hydrogens is 179 g/mol. The average Bonchev–Trinajstić information content (AvgIpc) is 2.93. The van der Waals surface area contributed by atoms with Gasteiger partial charge in [-0.2, -0.15) is 0 Å². The Kier molecular flexibility index (Phi) is 2.52. The Labute approximate surface area is 83.3 Å². The van der Waals surface area contributed by atoms with Gasteiger partial charge in [0.15, 0.2) is 0 Å². The minimum absolute atomic E-state index is 0.183. The molecule has 1 atom stereocenters. The van der Waals surface area contributed by atoms with E-state index >= 15 is 0 Å². The van der Waals surface area contributed by atoms with Crippen molar-refractivity contribution in [3.8, 4) is 0 Å².